The van der Waals surface area contributed by atoms with E-state index in [1.807, 2.05) is 48.5 Å². The average molecular weight is 449 g/mol. The van der Waals surface area contributed by atoms with Crippen LogP contribution in [0.2, 0.25) is 0 Å². The Morgan fingerprint density at radius 3 is 1.82 bits per heavy atom. The van der Waals surface area contributed by atoms with E-state index >= 15 is 0 Å². The molecule has 5 heteroatoms. The molecular formula is C28H32O5. The van der Waals surface area contributed by atoms with Gasteiger partial charge in [-0.2, -0.15) is 0 Å². The molecule has 0 radical (unpaired) electrons. The first-order valence-corrected chi connectivity index (χ1v) is 11.2. The summed E-state index contributed by atoms with van der Waals surface area (Å²) in [6.07, 6.45) is 0.215. The van der Waals surface area contributed by atoms with Crippen LogP contribution in [0.15, 0.2) is 84.9 Å². The molecule has 0 aliphatic carbocycles. The highest BCUT2D eigenvalue weighted by molar-refractivity contribution is 5.64. The van der Waals surface area contributed by atoms with Crippen LogP contribution in [0.5, 0.6) is 5.75 Å². The summed E-state index contributed by atoms with van der Waals surface area (Å²) in [4.78, 5) is 12.1. The van der Waals surface area contributed by atoms with Gasteiger partial charge in [0.25, 0.3) is 0 Å². The van der Waals surface area contributed by atoms with Crippen molar-refractivity contribution in [1.82, 2.24) is 0 Å². The zero-order valence-corrected chi connectivity index (χ0v) is 19.5. The first-order valence-electron chi connectivity index (χ1n) is 11.2. The Kier molecular flexibility index (Phi) is 9.04. The Balaban J connectivity index is 1.65. The smallest absolute Gasteiger partial charge is 0.428 e. The molecule has 33 heavy (non-hydrogen) atoms. The second-order valence-corrected chi connectivity index (χ2v) is 8.68. The van der Waals surface area contributed by atoms with Crippen molar-refractivity contribution >= 4 is 6.16 Å². The fraction of sp³-hybridized carbons (Fsp3) is 0.321. The molecule has 0 aliphatic rings. The Bertz CT molecular complexity index is 934. The van der Waals surface area contributed by atoms with Crippen molar-refractivity contribution < 1.29 is 23.7 Å². The van der Waals surface area contributed by atoms with Crippen LogP contribution in [0.1, 0.15) is 43.8 Å². The molecule has 0 fully saturated rings. The minimum atomic E-state index is -0.744. The molecule has 0 bridgehead atoms. The van der Waals surface area contributed by atoms with Gasteiger partial charge in [-0.3, -0.25) is 0 Å². The lowest BCUT2D eigenvalue weighted by atomic mass is 10.1. The minimum absolute atomic E-state index is 0.380. The minimum Gasteiger partial charge on any atom is -0.428 e. The molecule has 0 heterocycles. The van der Waals surface area contributed by atoms with Gasteiger partial charge in [0.05, 0.1) is 13.2 Å². The molecule has 0 aromatic heterocycles. The predicted molar refractivity (Wildman–Crippen MR) is 128 cm³/mol. The van der Waals surface area contributed by atoms with Crippen molar-refractivity contribution in [2.45, 2.75) is 45.5 Å². The topological polar surface area (TPSA) is 54.0 Å². The molecule has 3 aromatic carbocycles. The van der Waals surface area contributed by atoms with Gasteiger partial charge in [0, 0.05) is 5.56 Å². The highest BCUT2D eigenvalue weighted by atomic mass is 16.7. The summed E-state index contributed by atoms with van der Waals surface area (Å²) in [5, 5.41) is 0. The number of carbonyl (C=O) groups is 1. The summed E-state index contributed by atoms with van der Waals surface area (Å²) >= 11 is 0. The van der Waals surface area contributed by atoms with Gasteiger partial charge in [-0.1, -0.05) is 72.8 Å². The van der Waals surface area contributed by atoms with E-state index in [1.165, 1.54) is 11.1 Å². The monoisotopic (exact) mass is 448 g/mol. The molecule has 0 amide bonds. The highest BCUT2D eigenvalue weighted by Gasteiger charge is 2.19. The van der Waals surface area contributed by atoms with E-state index in [2.05, 4.69) is 24.3 Å². The van der Waals surface area contributed by atoms with Gasteiger partial charge in [-0.15, -0.1) is 0 Å². The summed E-state index contributed by atoms with van der Waals surface area (Å²) in [5.41, 5.74) is 2.54. The van der Waals surface area contributed by atoms with E-state index in [1.54, 1.807) is 32.9 Å². The van der Waals surface area contributed by atoms with Gasteiger partial charge in [0.15, 0.2) is 6.29 Å². The van der Waals surface area contributed by atoms with Gasteiger partial charge in [-0.25, -0.2) is 4.79 Å². The van der Waals surface area contributed by atoms with Gasteiger partial charge >= 0.3 is 6.16 Å². The molecule has 0 aliphatic heterocycles. The largest absolute Gasteiger partial charge is 0.514 e. The van der Waals surface area contributed by atoms with E-state index in [0.717, 1.165) is 18.4 Å². The lowest BCUT2D eigenvalue weighted by Crippen LogP contribution is -2.26. The Morgan fingerprint density at radius 2 is 1.30 bits per heavy atom. The van der Waals surface area contributed by atoms with Crippen LogP contribution in [-0.2, 0) is 27.1 Å². The van der Waals surface area contributed by atoms with Gasteiger partial charge in [0.2, 0.25) is 0 Å². The van der Waals surface area contributed by atoms with Crippen molar-refractivity contribution in [3.8, 4) is 5.75 Å². The Hall–Kier alpha value is -3.15. The van der Waals surface area contributed by atoms with Crippen LogP contribution < -0.4 is 4.74 Å². The van der Waals surface area contributed by atoms with Crippen molar-refractivity contribution in [2.24, 2.45) is 0 Å². The summed E-state index contributed by atoms with van der Waals surface area (Å²) in [6.45, 7) is 6.37. The molecule has 5 nitrogen and oxygen atoms in total. The number of hydrogen-bond donors (Lipinski definition) is 0. The van der Waals surface area contributed by atoms with Crippen LogP contribution in [0.25, 0.3) is 0 Å². The number of ether oxygens (including phenoxy) is 4. The molecule has 0 saturated carbocycles. The molecule has 3 aromatic rings. The summed E-state index contributed by atoms with van der Waals surface area (Å²) in [5.74, 6) is 0.380. The predicted octanol–water partition coefficient (Wildman–Crippen LogP) is 6.52. The molecule has 0 unspecified atom stereocenters. The molecule has 0 N–H and O–H groups in total. The first-order chi connectivity index (χ1) is 15.9. The third kappa shape index (κ3) is 9.08. The number of carbonyl (C=O) groups excluding carboxylic acids is 1. The second-order valence-electron chi connectivity index (χ2n) is 8.68. The highest BCUT2D eigenvalue weighted by Crippen LogP contribution is 2.25. The maximum atomic E-state index is 12.1. The van der Waals surface area contributed by atoms with Crippen molar-refractivity contribution in [2.75, 3.05) is 13.2 Å². The maximum Gasteiger partial charge on any atom is 0.514 e. The van der Waals surface area contributed by atoms with Crippen molar-refractivity contribution in [1.29, 1.82) is 0 Å². The SMILES string of the molecule is CC(C)(C)OC(=O)Oc1cccc(C(OCCc2ccccc2)OCCc2ccccc2)c1. The van der Waals surface area contributed by atoms with Crippen LogP contribution in [0, 0.1) is 0 Å². The van der Waals surface area contributed by atoms with Gasteiger partial charge in [0.1, 0.15) is 11.4 Å². The van der Waals surface area contributed by atoms with E-state index < -0.39 is 18.0 Å². The average Bonchev–Trinajstić information content (AvgIpc) is 2.78. The van der Waals surface area contributed by atoms with E-state index in [-0.39, 0.29) is 0 Å². The third-order valence-electron chi connectivity index (χ3n) is 4.73. The van der Waals surface area contributed by atoms with Crippen molar-refractivity contribution in [3.63, 3.8) is 0 Å². The number of hydrogen-bond acceptors (Lipinski definition) is 5. The lowest BCUT2D eigenvalue weighted by Gasteiger charge is -2.21. The second kappa shape index (κ2) is 12.2. The molecule has 174 valence electrons. The standard InChI is InChI=1S/C28H32O5/c1-28(2,3)33-27(29)32-25-16-10-15-24(21-25)26(30-19-17-22-11-6-4-7-12-22)31-20-18-23-13-8-5-9-14-23/h4-16,21,26H,17-20H2,1-3H3. The Morgan fingerprint density at radius 1 is 0.758 bits per heavy atom. The maximum absolute atomic E-state index is 12.1. The van der Waals surface area contributed by atoms with Gasteiger partial charge in [-0.05, 0) is 56.9 Å². The number of benzene rings is 3. The summed E-state index contributed by atoms with van der Waals surface area (Å²) < 4.78 is 22.8. The Labute approximate surface area is 196 Å². The zero-order valence-electron chi connectivity index (χ0n) is 19.5. The quantitative estimate of drug-likeness (QED) is 0.201. The van der Waals surface area contributed by atoms with E-state index in [9.17, 15) is 4.79 Å². The van der Waals surface area contributed by atoms with Crippen LogP contribution in [-0.4, -0.2) is 25.0 Å². The van der Waals surface area contributed by atoms with E-state index in [0.29, 0.717) is 19.0 Å². The zero-order chi connectivity index (χ0) is 23.5. The van der Waals surface area contributed by atoms with E-state index in [4.69, 9.17) is 18.9 Å². The molecule has 3 rings (SSSR count). The first kappa shape index (κ1) is 24.5. The molecule has 0 saturated heterocycles. The van der Waals surface area contributed by atoms with Gasteiger partial charge < -0.3 is 18.9 Å². The van der Waals surface area contributed by atoms with Crippen LogP contribution >= 0.6 is 0 Å². The summed E-state index contributed by atoms with van der Waals surface area (Å²) in [6, 6.07) is 27.5. The third-order valence-corrected chi connectivity index (χ3v) is 4.73. The van der Waals surface area contributed by atoms with Crippen molar-refractivity contribution in [3.05, 3.63) is 102 Å². The lowest BCUT2D eigenvalue weighted by molar-refractivity contribution is -0.145. The summed E-state index contributed by atoms with van der Waals surface area (Å²) in [7, 11) is 0. The fourth-order valence-corrected chi connectivity index (χ4v) is 3.19. The molecule has 0 atom stereocenters. The number of rotatable bonds is 10. The normalized spacial score (nSPS) is 11.4. The molecular weight excluding hydrogens is 416 g/mol. The van der Waals surface area contributed by atoms with Crippen LogP contribution in [0.4, 0.5) is 4.79 Å². The van der Waals surface area contributed by atoms with Crippen LogP contribution in [0.3, 0.4) is 0 Å². The molecule has 0 spiro atoms. The fourth-order valence-electron chi connectivity index (χ4n) is 3.19.